The van der Waals surface area contributed by atoms with Gasteiger partial charge in [-0.15, -0.1) is 0 Å². The summed E-state index contributed by atoms with van der Waals surface area (Å²) in [7, 11) is 1.60. The fraction of sp³-hybridized carbons (Fsp3) is 0.200. The lowest BCUT2D eigenvalue weighted by Crippen LogP contribution is -1.92. The molecule has 19 heavy (non-hydrogen) atoms. The topological polar surface area (TPSA) is 35.0 Å². The summed E-state index contributed by atoms with van der Waals surface area (Å²) >= 11 is 6.16. The highest BCUT2D eigenvalue weighted by Crippen LogP contribution is 2.29. The van der Waals surface area contributed by atoms with Crippen molar-refractivity contribution in [3.8, 4) is 11.1 Å². The molecule has 0 unspecified atom stereocenters. The average molecular weight is 275 g/mol. The standard InChI is InChI=1S/C15H15ClN2O/c1-10-8-12(9-11(2)18-10)13-4-6-17-15(16)14(13)5-7-19-3/h4-9H,1-3H3/b7-5+. The van der Waals surface area contributed by atoms with Gasteiger partial charge in [-0.25, -0.2) is 4.98 Å². The van der Waals surface area contributed by atoms with Crippen LogP contribution in [0.4, 0.5) is 0 Å². The molecular formula is C15H15ClN2O. The first-order chi connectivity index (χ1) is 9.11. The number of ether oxygens (including phenoxy) is 1. The fourth-order valence-electron chi connectivity index (χ4n) is 1.98. The first-order valence-corrected chi connectivity index (χ1v) is 6.29. The Morgan fingerprint density at radius 2 is 1.89 bits per heavy atom. The maximum atomic E-state index is 6.16. The van der Waals surface area contributed by atoms with Crippen molar-refractivity contribution in [1.82, 2.24) is 9.97 Å². The van der Waals surface area contributed by atoms with Gasteiger partial charge in [-0.05, 0) is 49.2 Å². The maximum absolute atomic E-state index is 6.16. The molecule has 0 atom stereocenters. The lowest BCUT2D eigenvalue weighted by atomic mass is 10.0. The van der Waals surface area contributed by atoms with Crippen LogP contribution in [0.25, 0.3) is 17.2 Å². The summed E-state index contributed by atoms with van der Waals surface area (Å²) in [6.07, 6.45) is 5.11. The summed E-state index contributed by atoms with van der Waals surface area (Å²) in [5.74, 6) is 0. The number of aryl methyl sites for hydroxylation is 2. The molecule has 0 amide bonds. The van der Waals surface area contributed by atoms with E-state index in [2.05, 4.69) is 9.97 Å². The molecule has 0 saturated heterocycles. The fourth-order valence-corrected chi connectivity index (χ4v) is 2.21. The Kier molecular flexibility index (Phi) is 4.17. The number of hydrogen-bond donors (Lipinski definition) is 0. The quantitative estimate of drug-likeness (QED) is 0.626. The molecule has 0 radical (unpaired) electrons. The highest BCUT2D eigenvalue weighted by molar-refractivity contribution is 6.31. The van der Waals surface area contributed by atoms with E-state index in [0.29, 0.717) is 5.15 Å². The highest BCUT2D eigenvalue weighted by atomic mass is 35.5. The molecule has 2 heterocycles. The first-order valence-electron chi connectivity index (χ1n) is 5.91. The second-order valence-corrected chi connectivity index (χ2v) is 4.60. The molecule has 3 nitrogen and oxygen atoms in total. The van der Waals surface area contributed by atoms with Crippen LogP contribution in [0, 0.1) is 13.8 Å². The van der Waals surface area contributed by atoms with Gasteiger partial charge in [-0.2, -0.15) is 0 Å². The molecule has 0 aliphatic carbocycles. The van der Waals surface area contributed by atoms with Gasteiger partial charge < -0.3 is 4.74 Å². The zero-order valence-electron chi connectivity index (χ0n) is 11.1. The molecular weight excluding hydrogens is 260 g/mol. The Balaban J connectivity index is 2.61. The number of methoxy groups -OCH3 is 1. The molecule has 0 N–H and O–H groups in total. The molecule has 0 aliphatic heterocycles. The number of halogens is 1. The predicted molar refractivity (Wildman–Crippen MR) is 78.0 cm³/mol. The third kappa shape index (κ3) is 3.12. The van der Waals surface area contributed by atoms with E-state index in [-0.39, 0.29) is 0 Å². The van der Waals surface area contributed by atoms with Crippen LogP contribution in [0.15, 0.2) is 30.7 Å². The van der Waals surface area contributed by atoms with Crippen LogP contribution < -0.4 is 0 Å². The van der Waals surface area contributed by atoms with Gasteiger partial charge in [0.25, 0.3) is 0 Å². The normalized spacial score (nSPS) is 10.9. The second kappa shape index (κ2) is 5.85. The zero-order valence-corrected chi connectivity index (χ0v) is 11.9. The Morgan fingerprint density at radius 1 is 1.21 bits per heavy atom. The van der Waals surface area contributed by atoms with Gasteiger partial charge in [0.05, 0.1) is 13.4 Å². The van der Waals surface area contributed by atoms with Gasteiger partial charge in [-0.1, -0.05) is 11.6 Å². The number of aromatic nitrogens is 2. The SMILES string of the molecule is CO/C=C/c1c(-c2cc(C)nc(C)c2)ccnc1Cl. The number of hydrogen-bond acceptors (Lipinski definition) is 3. The van der Waals surface area contributed by atoms with Crippen LogP contribution in [0.5, 0.6) is 0 Å². The molecule has 0 saturated carbocycles. The smallest absolute Gasteiger partial charge is 0.136 e. The highest BCUT2D eigenvalue weighted by Gasteiger charge is 2.09. The first kappa shape index (κ1) is 13.6. The Labute approximate surface area is 117 Å². The van der Waals surface area contributed by atoms with Crippen LogP contribution in [-0.2, 0) is 4.74 Å². The van der Waals surface area contributed by atoms with E-state index in [9.17, 15) is 0 Å². The molecule has 0 spiro atoms. The minimum atomic E-state index is 0.456. The van der Waals surface area contributed by atoms with Gasteiger partial charge >= 0.3 is 0 Å². The summed E-state index contributed by atoms with van der Waals surface area (Å²) in [6.45, 7) is 3.95. The van der Waals surface area contributed by atoms with E-state index in [1.165, 1.54) is 0 Å². The average Bonchev–Trinajstić information content (AvgIpc) is 2.36. The van der Waals surface area contributed by atoms with Gasteiger partial charge in [0.2, 0.25) is 0 Å². The summed E-state index contributed by atoms with van der Waals surface area (Å²) in [5, 5.41) is 0.456. The number of pyridine rings is 2. The minimum absolute atomic E-state index is 0.456. The van der Waals surface area contributed by atoms with E-state index >= 15 is 0 Å². The van der Waals surface area contributed by atoms with Crippen molar-refractivity contribution < 1.29 is 4.74 Å². The van der Waals surface area contributed by atoms with Gasteiger partial charge in [-0.3, -0.25) is 4.98 Å². The molecule has 0 aliphatic rings. The molecule has 2 rings (SSSR count). The molecule has 98 valence electrons. The summed E-state index contributed by atoms with van der Waals surface area (Å²) in [4.78, 5) is 8.49. The van der Waals surface area contributed by atoms with Gasteiger partial charge in [0.15, 0.2) is 0 Å². The number of nitrogens with zero attached hydrogens (tertiary/aromatic N) is 2. The monoisotopic (exact) mass is 274 g/mol. The van der Waals surface area contributed by atoms with E-state index in [4.69, 9.17) is 16.3 Å². The molecule has 0 fully saturated rings. The van der Waals surface area contributed by atoms with Gasteiger partial charge in [0, 0.05) is 23.1 Å². The molecule has 2 aromatic rings. The summed E-state index contributed by atoms with van der Waals surface area (Å²) in [6, 6.07) is 6.00. The van der Waals surface area contributed by atoms with Crippen molar-refractivity contribution >= 4 is 17.7 Å². The number of rotatable bonds is 3. The maximum Gasteiger partial charge on any atom is 0.136 e. The lowest BCUT2D eigenvalue weighted by Gasteiger charge is -2.09. The van der Waals surface area contributed by atoms with E-state index in [1.54, 1.807) is 19.6 Å². The predicted octanol–water partition coefficient (Wildman–Crippen LogP) is 4.03. The van der Waals surface area contributed by atoms with Crippen LogP contribution in [0.1, 0.15) is 17.0 Å². The summed E-state index contributed by atoms with van der Waals surface area (Å²) in [5.41, 5.74) is 4.89. The van der Waals surface area contributed by atoms with E-state index in [1.807, 2.05) is 38.1 Å². The molecule has 0 bridgehead atoms. The van der Waals surface area contributed by atoms with Crippen molar-refractivity contribution in [2.45, 2.75) is 13.8 Å². The van der Waals surface area contributed by atoms with Crippen LogP contribution in [-0.4, -0.2) is 17.1 Å². The lowest BCUT2D eigenvalue weighted by molar-refractivity contribution is 0.341. The molecule has 2 aromatic heterocycles. The Hall–Kier alpha value is -1.87. The van der Waals surface area contributed by atoms with Crippen LogP contribution in [0.2, 0.25) is 5.15 Å². The van der Waals surface area contributed by atoms with E-state index in [0.717, 1.165) is 28.1 Å². The zero-order chi connectivity index (χ0) is 13.8. The van der Waals surface area contributed by atoms with Crippen molar-refractivity contribution in [3.05, 3.63) is 52.8 Å². The van der Waals surface area contributed by atoms with Crippen molar-refractivity contribution in [3.63, 3.8) is 0 Å². The second-order valence-electron chi connectivity index (χ2n) is 4.24. The molecule has 0 aromatic carbocycles. The van der Waals surface area contributed by atoms with E-state index < -0.39 is 0 Å². The van der Waals surface area contributed by atoms with Crippen molar-refractivity contribution in [2.75, 3.05) is 7.11 Å². The van der Waals surface area contributed by atoms with Crippen LogP contribution in [0.3, 0.4) is 0 Å². The Morgan fingerprint density at radius 3 is 2.53 bits per heavy atom. The third-order valence-electron chi connectivity index (χ3n) is 2.70. The third-order valence-corrected chi connectivity index (χ3v) is 3.01. The van der Waals surface area contributed by atoms with Crippen molar-refractivity contribution in [2.24, 2.45) is 0 Å². The molecule has 4 heteroatoms. The van der Waals surface area contributed by atoms with Crippen LogP contribution >= 0.6 is 11.6 Å². The minimum Gasteiger partial charge on any atom is -0.504 e. The van der Waals surface area contributed by atoms with Crippen molar-refractivity contribution in [1.29, 1.82) is 0 Å². The largest absolute Gasteiger partial charge is 0.504 e. The Bertz CT molecular complexity index is 603. The summed E-state index contributed by atoms with van der Waals surface area (Å²) < 4.78 is 4.96. The van der Waals surface area contributed by atoms with Gasteiger partial charge in [0.1, 0.15) is 5.15 Å².